The van der Waals surface area contributed by atoms with Crippen molar-refractivity contribution in [1.29, 1.82) is 0 Å². The maximum Gasteiger partial charge on any atom is 0.0586 e. The maximum absolute atomic E-state index is 10.5. The van der Waals surface area contributed by atoms with Crippen molar-refractivity contribution < 1.29 is 9.90 Å². The summed E-state index contributed by atoms with van der Waals surface area (Å²) in [4.78, 5) is 11.7. The van der Waals surface area contributed by atoms with Gasteiger partial charge in [-0.1, -0.05) is 12.1 Å². The van der Waals surface area contributed by atoms with E-state index in [1.807, 2.05) is 29.7 Å². The normalized spacial score (nSPS) is 10.4. The van der Waals surface area contributed by atoms with Crippen LogP contribution in [0.25, 0.3) is 10.6 Å². The molecule has 0 saturated heterocycles. The van der Waals surface area contributed by atoms with Crippen LogP contribution in [0.1, 0.15) is 12.1 Å². The average molecular weight is 260 g/mol. The molecule has 3 nitrogen and oxygen atoms in total. The van der Waals surface area contributed by atoms with E-state index in [2.05, 4.69) is 17.2 Å². The highest BCUT2D eigenvalue weighted by Gasteiger charge is 2.09. The lowest BCUT2D eigenvalue weighted by Gasteiger charge is -2.11. The first-order valence-electron chi connectivity index (χ1n) is 5.75. The number of nitrogens with zero attached hydrogens (tertiary/aromatic N) is 1. The molecule has 0 atom stereocenters. The SMILES string of the molecule is C=CCn1c(CCC(=O)[O-])ccc1-c1cccs1. The Bertz CT molecular complexity index is 540. The van der Waals surface area contributed by atoms with Gasteiger partial charge in [0.15, 0.2) is 0 Å². The van der Waals surface area contributed by atoms with Crippen molar-refractivity contribution in [3.05, 3.63) is 48.0 Å². The maximum atomic E-state index is 10.5. The third-order valence-corrected chi connectivity index (χ3v) is 3.63. The van der Waals surface area contributed by atoms with E-state index in [-0.39, 0.29) is 6.42 Å². The van der Waals surface area contributed by atoms with Gasteiger partial charge in [0.25, 0.3) is 0 Å². The van der Waals surface area contributed by atoms with E-state index in [1.54, 1.807) is 11.3 Å². The Morgan fingerprint density at radius 1 is 1.44 bits per heavy atom. The van der Waals surface area contributed by atoms with E-state index in [0.717, 1.165) is 11.4 Å². The molecule has 0 aromatic carbocycles. The van der Waals surface area contributed by atoms with Crippen molar-refractivity contribution in [3.8, 4) is 10.6 Å². The smallest absolute Gasteiger partial charge is 0.0586 e. The van der Waals surface area contributed by atoms with Gasteiger partial charge in [0, 0.05) is 18.2 Å². The van der Waals surface area contributed by atoms with Gasteiger partial charge < -0.3 is 14.5 Å². The van der Waals surface area contributed by atoms with Crippen LogP contribution in [0.3, 0.4) is 0 Å². The average Bonchev–Trinajstić information content (AvgIpc) is 2.95. The number of hydrogen-bond donors (Lipinski definition) is 0. The second-order valence-corrected chi connectivity index (χ2v) is 4.91. The molecule has 0 radical (unpaired) electrons. The van der Waals surface area contributed by atoms with Gasteiger partial charge in [-0.15, -0.1) is 17.9 Å². The molecule has 0 unspecified atom stereocenters. The van der Waals surface area contributed by atoms with Crippen LogP contribution in [0.4, 0.5) is 0 Å². The third kappa shape index (κ3) is 2.71. The molecule has 0 bridgehead atoms. The molecule has 4 heteroatoms. The first-order valence-corrected chi connectivity index (χ1v) is 6.63. The van der Waals surface area contributed by atoms with E-state index < -0.39 is 5.97 Å². The summed E-state index contributed by atoms with van der Waals surface area (Å²) in [6.45, 7) is 4.43. The summed E-state index contributed by atoms with van der Waals surface area (Å²) >= 11 is 1.67. The fourth-order valence-corrected chi connectivity index (χ4v) is 2.70. The van der Waals surface area contributed by atoms with Gasteiger partial charge in [0.1, 0.15) is 0 Å². The van der Waals surface area contributed by atoms with Gasteiger partial charge >= 0.3 is 0 Å². The van der Waals surface area contributed by atoms with Crippen LogP contribution in [0.2, 0.25) is 0 Å². The molecule has 0 N–H and O–H groups in total. The molecule has 0 amide bonds. The van der Waals surface area contributed by atoms with Gasteiger partial charge in [-0.05, 0) is 36.4 Å². The van der Waals surface area contributed by atoms with E-state index in [0.29, 0.717) is 13.0 Å². The van der Waals surface area contributed by atoms with Crippen molar-refractivity contribution in [2.24, 2.45) is 0 Å². The van der Waals surface area contributed by atoms with Crippen LogP contribution >= 0.6 is 11.3 Å². The predicted molar refractivity (Wildman–Crippen MR) is 71.3 cm³/mol. The Morgan fingerprint density at radius 3 is 2.89 bits per heavy atom. The number of aliphatic carboxylic acids is 1. The largest absolute Gasteiger partial charge is 0.550 e. The molecule has 0 aliphatic heterocycles. The molecule has 0 aliphatic carbocycles. The van der Waals surface area contributed by atoms with Crippen LogP contribution in [0.15, 0.2) is 42.3 Å². The summed E-state index contributed by atoms with van der Waals surface area (Å²) < 4.78 is 2.10. The van der Waals surface area contributed by atoms with Crippen molar-refractivity contribution in [2.75, 3.05) is 0 Å². The Morgan fingerprint density at radius 2 is 2.28 bits per heavy atom. The van der Waals surface area contributed by atoms with Crippen LogP contribution in [-0.4, -0.2) is 10.5 Å². The van der Waals surface area contributed by atoms with Gasteiger partial charge in [-0.3, -0.25) is 0 Å². The van der Waals surface area contributed by atoms with Crippen LogP contribution in [0, 0.1) is 0 Å². The zero-order valence-electron chi connectivity index (χ0n) is 9.96. The third-order valence-electron chi connectivity index (χ3n) is 2.74. The summed E-state index contributed by atoms with van der Waals surface area (Å²) in [7, 11) is 0. The fraction of sp³-hybridized carbons (Fsp3) is 0.214. The van der Waals surface area contributed by atoms with Gasteiger partial charge in [0.05, 0.1) is 10.6 Å². The molecule has 0 fully saturated rings. The molecule has 0 aliphatic rings. The highest BCUT2D eigenvalue weighted by molar-refractivity contribution is 7.13. The number of hydrogen-bond acceptors (Lipinski definition) is 3. The number of rotatable bonds is 6. The number of carbonyl (C=O) groups is 1. The molecule has 94 valence electrons. The Hall–Kier alpha value is -1.81. The molecular weight excluding hydrogens is 246 g/mol. The second-order valence-electron chi connectivity index (χ2n) is 3.96. The van der Waals surface area contributed by atoms with Crippen LogP contribution in [0.5, 0.6) is 0 Å². The van der Waals surface area contributed by atoms with Gasteiger partial charge in [-0.2, -0.15) is 0 Å². The minimum atomic E-state index is -1.01. The van der Waals surface area contributed by atoms with E-state index in [1.165, 1.54) is 4.88 Å². The Labute approximate surface area is 110 Å². The summed E-state index contributed by atoms with van der Waals surface area (Å²) in [5.74, 6) is -1.01. The minimum absolute atomic E-state index is 0.0467. The fourth-order valence-electron chi connectivity index (χ4n) is 1.94. The molecule has 2 aromatic rings. The molecule has 0 spiro atoms. The molecule has 2 rings (SSSR count). The number of carboxylic acid groups (broad SMARTS) is 1. The monoisotopic (exact) mass is 260 g/mol. The van der Waals surface area contributed by atoms with Crippen LogP contribution in [-0.2, 0) is 17.8 Å². The molecule has 2 aromatic heterocycles. The Balaban J connectivity index is 2.31. The number of allylic oxidation sites excluding steroid dienone is 1. The lowest BCUT2D eigenvalue weighted by atomic mass is 10.2. The van der Waals surface area contributed by atoms with Crippen molar-refractivity contribution >= 4 is 17.3 Å². The van der Waals surface area contributed by atoms with Crippen molar-refractivity contribution in [3.63, 3.8) is 0 Å². The number of carbonyl (C=O) groups excluding carboxylic acids is 1. The molecule has 2 heterocycles. The lowest BCUT2D eigenvalue weighted by Crippen LogP contribution is -2.22. The number of carboxylic acids is 1. The lowest BCUT2D eigenvalue weighted by molar-refractivity contribution is -0.305. The first-order chi connectivity index (χ1) is 8.72. The highest BCUT2D eigenvalue weighted by Crippen LogP contribution is 2.27. The van der Waals surface area contributed by atoms with E-state index >= 15 is 0 Å². The zero-order valence-corrected chi connectivity index (χ0v) is 10.8. The quantitative estimate of drug-likeness (QED) is 0.746. The molecule has 0 saturated carbocycles. The van der Waals surface area contributed by atoms with E-state index in [4.69, 9.17) is 0 Å². The molecular formula is C14H14NO2S-. The minimum Gasteiger partial charge on any atom is -0.550 e. The van der Waals surface area contributed by atoms with Crippen molar-refractivity contribution in [2.45, 2.75) is 19.4 Å². The number of aromatic nitrogens is 1. The number of aryl methyl sites for hydroxylation is 1. The summed E-state index contributed by atoms with van der Waals surface area (Å²) in [6.07, 6.45) is 2.35. The predicted octanol–water partition coefficient (Wildman–Crippen LogP) is 2.09. The molecule has 18 heavy (non-hydrogen) atoms. The van der Waals surface area contributed by atoms with Gasteiger partial charge in [0.2, 0.25) is 0 Å². The summed E-state index contributed by atoms with van der Waals surface area (Å²) in [5.41, 5.74) is 2.11. The number of thiophene rings is 1. The van der Waals surface area contributed by atoms with Gasteiger partial charge in [-0.25, -0.2) is 0 Å². The highest BCUT2D eigenvalue weighted by atomic mass is 32.1. The summed E-state index contributed by atoms with van der Waals surface area (Å²) in [6, 6.07) is 8.07. The topological polar surface area (TPSA) is 45.1 Å². The van der Waals surface area contributed by atoms with Crippen LogP contribution < -0.4 is 5.11 Å². The zero-order chi connectivity index (χ0) is 13.0. The van der Waals surface area contributed by atoms with E-state index in [9.17, 15) is 9.90 Å². The summed E-state index contributed by atoms with van der Waals surface area (Å²) in [5, 5.41) is 12.6. The first kappa shape index (κ1) is 12.6. The second kappa shape index (κ2) is 5.69. The van der Waals surface area contributed by atoms with Crippen molar-refractivity contribution in [1.82, 2.24) is 4.57 Å². The standard InChI is InChI=1S/C14H15NO2S/c1-2-9-15-11(6-8-14(16)17)5-7-12(15)13-4-3-10-18-13/h2-5,7,10H,1,6,8-9H2,(H,16,17)/p-1. The Kier molecular flexibility index (Phi) is 3.99.